The topological polar surface area (TPSA) is 61.9 Å². The quantitative estimate of drug-likeness (QED) is 0.890. The highest BCUT2D eigenvalue weighted by Crippen LogP contribution is 2.18. The molecular weight excluding hydrogens is 318 g/mol. The Morgan fingerprint density at radius 2 is 1.64 bits per heavy atom. The highest BCUT2D eigenvalue weighted by atomic mass is 16.5. The maximum absolute atomic E-state index is 12.3. The van der Waals surface area contributed by atoms with Gasteiger partial charge in [-0.25, -0.2) is 4.79 Å². The third-order valence-corrected chi connectivity index (χ3v) is 4.93. The molecule has 0 atom stereocenters. The predicted octanol–water partition coefficient (Wildman–Crippen LogP) is 2.25. The minimum atomic E-state index is 0.0198. The molecule has 1 aliphatic heterocycles. The van der Waals surface area contributed by atoms with Gasteiger partial charge in [-0.15, -0.1) is 0 Å². The van der Waals surface area contributed by atoms with Crippen LogP contribution in [0.3, 0.4) is 0 Å². The Morgan fingerprint density at radius 1 is 1.00 bits per heavy atom. The van der Waals surface area contributed by atoms with Crippen molar-refractivity contribution in [3.63, 3.8) is 0 Å². The number of hydrogen-bond donors (Lipinski definition) is 1. The van der Waals surface area contributed by atoms with Gasteiger partial charge in [0.15, 0.2) is 0 Å². The van der Waals surface area contributed by atoms with Crippen molar-refractivity contribution in [1.82, 2.24) is 15.1 Å². The van der Waals surface area contributed by atoms with E-state index in [1.165, 1.54) is 12.8 Å². The monoisotopic (exact) mass is 345 g/mol. The molecule has 6 nitrogen and oxygen atoms in total. The van der Waals surface area contributed by atoms with E-state index in [1.807, 2.05) is 40.1 Å². The number of amides is 3. The van der Waals surface area contributed by atoms with Crippen LogP contribution in [0.5, 0.6) is 5.75 Å². The number of benzene rings is 1. The minimum absolute atomic E-state index is 0.0198. The molecule has 25 heavy (non-hydrogen) atoms. The van der Waals surface area contributed by atoms with Gasteiger partial charge in [0, 0.05) is 32.2 Å². The van der Waals surface area contributed by atoms with Crippen molar-refractivity contribution in [2.24, 2.45) is 0 Å². The van der Waals surface area contributed by atoms with Gasteiger partial charge in [0.2, 0.25) is 5.91 Å². The molecule has 1 saturated carbocycles. The third-order valence-electron chi connectivity index (χ3n) is 4.93. The maximum Gasteiger partial charge on any atom is 0.317 e. The van der Waals surface area contributed by atoms with Crippen LogP contribution in [0.1, 0.15) is 32.1 Å². The van der Waals surface area contributed by atoms with Crippen molar-refractivity contribution in [3.05, 3.63) is 30.3 Å². The van der Waals surface area contributed by atoms with E-state index in [1.54, 1.807) is 0 Å². The lowest BCUT2D eigenvalue weighted by atomic mass is 10.2. The second-order valence-corrected chi connectivity index (χ2v) is 6.71. The Balaban J connectivity index is 1.35. The lowest BCUT2D eigenvalue weighted by molar-refractivity contribution is -0.133. The van der Waals surface area contributed by atoms with E-state index in [-0.39, 0.29) is 11.9 Å². The van der Waals surface area contributed by atoms with E-state index in [4.69, 9.17) is 4.74 Å². The molecule has 0 radical (unpaired) electrons. The molecular formula is C19H27N3O3. The number of rotatable bonds is 5. The molecule has 2 aliphatic rings. The second-order valence-electron chi connectivity index (χ2n) is 6.71. The summed E-state index contributed by atoms with van der Waals surface area (Å²) in [6.07, 6.45) is 4.96. The Kier molecular flexibility index (Phi) is 6.14. The van der Waals surface area contributed by atoms with E-state index in [0.717, 1.165) is 18.6 Å². The Bertz CT molecular complexity index is 565. The lowest BCUT2D eigenvalue weighted by Crippen LogP contribution is -2.54. The van der Waals surface area contributed by atoms with Gasteiger partial charge in [-0.2, -0.15) is 0 Å². The first-order chi connectivity index (χ1) is 12.2. The third kappa shape index (κ3) is 5.11. The number of carbonyl (C=O) groups excluding carboxylic acids is 2. The highest BCUT2D eigenvalue weighted by Gasteiger charge is 2.26. The van der Waals surface area contributed by atoms with Crippen molar-refractivity contribution in [2.75, 3.05) is 32.8 Å². The molecule has 0 bridgehead atoms. The standard InChI is InChI=1S/C19H27N3O3/c23-18(10-15-25-17-8-2-1-3-9-17)21-11-13-22(14-12-21)19(24)20-16-6-4-5-7-16/h1-3,8-9,16H,4-7,10-15H2,(H,20,24). The number of urea groups is 1. The summed E-state index contributed by atoms with van der Waals surface area (Å²) in [6, 6.07) is 9.87. The molecule has 1 saturated heterocycles. The van der Waals surface area contributed by atoms with E-state index >= 15 is 0 Å². The predicted molar refractivity (Wildman–Crippen MR) is 95.5 cm³/mol. The molecule has 3 amide bonds. The van der Waals surface area contributed by atoms with Crippen molar-refractivity contribution >= 4 is 11.9 Å². The van der Waals surface area contributed by atoms with Gasteiger partial charge in [0.1, 0.15) is 5.75 Å². The van der Waals surface area contributed by atoms with Crippen LogP contribution >= 0.6 is 0 Å². The van der Waals surface area contributed by atoms with E-state index in [2.05, 4.69) is 5.32 Å². The van der Waals surface area contributed by atoms with Gasteiger partial charge >= 0.3 is 6.03 Å². The van der Waals surface area contributed by atoms with Gasteiger partial charge < -0.3 is 19.9 Å². The summed E-state index contributed by atoms with van der Waals surface area (Å²) in [5.41, 5.74) is 0. The van der Waals surface area contributed by atoms with Crippen molar-refractivity contribution in [3.8, 4) is 5.75 Å². The van der Waals surface area contributed by atoms with Crippen LogP contribution in [0, 0.1) is 0 Å². The fraction of sp³-hybridized carbons (Fsp3) is 0.579. The van der Waals surface area contributed by atoms with Crippen LogP contribution in [0.2, 0.25) is 0 Å². The largest absolute Gasteiger partial charge is 0.493 e. The number of hydrogen-bond acceptors (Lipinski definition) is 3. The average Bonchev–Trinajstić information content (AvgIpc) is 3.15. The summed E-state index contributed by atoms with van der Waals surface area (Å²) in [6.45, 7) is 2.78. The first kappa shape index (κ1) is 17.6. The van der Waals surface area contributed by atoms with Gasteiger partial charge in [-0.05, 0) is 25.0 Å². The summed E-state index contributed by atoms with van der Waals surface area (Å²) >= 11 is 0. The highest BCUT2D eigenvalue weighted by molar-refractivity contribution is 5.78. The molecule has 0 aromatic heterocycles. The number of para-hydroxylation sites is 1. The minimum Gasteiger partial charge on any atom is -0.493 e. The summed E-state index contributed by atoms with van der Waals surface area (Å²) in [7, 11) is 0. The van der Waals surface area contributed by atoms with E-state index < -0.39 is 0 Å². The molecule has 2 fully saturated rings. The first-order valence-corrected chi connectivity index (χ1v) is 9.23. The van der Waals surface area contributed by atoms with Crippen LogP contribution in [-0.2, 0) is 4.79 Å². The van der Waals surface area contributed by atoms with E-state index in [9.17, 15) is 9.59 Å². The summed E-state index contributed by atoms with van der Waals surface area (Å²) in [5, 5.41) is 3.11. The first-order valence-electron chi connectivity index (χ1n) is 9.23. The molecule has 1 heterocycles. The fourth-order valence-corrected chi connectivity index (χ4v) is 3.43. The van der Waals surface area contributed by atoms with Crippen LogP contribution in [0.25, 0.3) is 0 Å². The van der Waals surface area contributed by atoms with Crippen molar-refractivity contribution in [1.29, 1.82) is 0 Å². The van der Waals surface area contributed by atoms with Gasteiger partial charge in [0.25, 0.3) is 0 Å². The summed E-state index contributed by atoms with van der Waals surface area (Å²) in [4.78, 5) is 28.2. The zero-order valence-electron chi connectivity index (χ0n) is 14.7. The number of nitrogens with zero attached hydrogens (tertiary/aromatic N) is 2. The molecule has 1 N–H and O–H groups in total. The molecule has 1 aromatic carbocycles. The molecule has 0 unspecified atom stereocenters. The summed E-state index contributed by atoms with van der Waals surface area (Å²) < 4.78 is 5.58. The zero-order chi connectivity index (χ0) is 17.5. The van der Waals surface area contributed by atoms with Gasteiger partial charge in [-0.1, -0.05) is 31.0 Å². The molecule has 1 aromatic rings. The van der Waals surface area contributed by atoms with Crippen LogP contribution in [-0.4, -0.2) is 60.6 Å². The van der Waals surface area contributed by atoms with Crippen LogP contribution in [0.4, 0.5) is 4.79 Å². The number of carbonyl (C=O) groups is 2. The van der Waals surface area contributed by atoms with E-state index in [0.29, 0.717) is 45.2 Å². The second kappa shape index (κ2) is 8.74. The average molecular weight is 345 g/mol. The van der Waals surface area contributed by atoms with Gasteiger partial charge in [0.05, 0.1) is 13.0 Å². The molecule has 1 aliphatic carbocycles. The van der Waals surface area contributed by atoms with Gasteiger partial charge in [-0.3, -0.25) is 4.79 Å². The van der Waals surface area contributed by atoms with Crippen molar-refractivity contribution in [2.45, 2.75) is 38.1 Å². The smallest absolute Gasteiger partial charge is 0.317 e. The SMILES string of the molecule is O=C(CCOc1ccccc1)N1CCN(C(=O)NC2CCCC2)CC1. The molecule has 0 spiro atoms. The lowest BCUT2D eigenvalue weighted by Gasteiger charge is -2.35. The zero-order valence-corrected chi connectivity index (χ0v) is 14.7. The number of ether oxygens (including phenoxy) is 1. The Hall–Kier alpha value is -2.24. The maximum atomic E-state index is 12.3. The fourth-order valence-electron chi connectivity index (χ4n) is 3.43. The number of nitrogens with one attached hydrogen (secondary N) is 1. The molecule has 6 heteroatoms. The number of piperazine rings is 1. The van der Waals surface area contributed by atoms with Crippen LogP contribution < -0.4 is 10.1 Å². The normalized spacial score (nSPS) is 18.2. The summed E-state index contributed by atoms with van der Waals surface area (Å²) in [5.74, 6) is 0.871. The van der Waals surface area contributed by atoms with Crippen LogP contribution in [0.15, 0.2) is 30.3 Å². The molecule has 136 valence electrons. The van der Waals surface area contributed by atoms with Crippen molar-refractivity contribution < 1.29 is 14.3 Å². The molecule has 3 rings (SSSR count). The Labute approximate surface area is 149 Å². The Morgan fingerprint density at radius 3 is 2.32 bits per heavy atom.